The first kappa shape index (κ1) is 33.0. The largest absolute Gasteiger partial charge is 0.461 e. The summed E-state index contributed by atoms with van der Waals surface area (Å²) in [7, 11) is 0.500. The Balaban J connectivity index is 0.00000177. The summed E-state index contributed by atoms with van der Waals surface area (Å²) in [6.45, 7) is 5.91. The van der Waals surface area contributed by atoms with Crippen molar-refractivity contribution < 1.29 is 27.0 Å². The number of ether oxygens (including phenoxy) is 2. The molecule has 12 heteroatoms. The Hall–Kier alpha value is -4.21. The summed E-state index contributed by atoms with van der Waals surface area (Å²) in [4.78, 5) is 18.7. The van der Waals surface area contributed by atoms with Crippen LogP contribution in [0.5, 0.6) is 6.01 Å². The lowest BCUT2D eigenvalue weighted by atomic mass is 9.83. The minimum atomic E-state index is -0.725. The normalized spacial score (nSPS) is 27.7. The first-order valence-electron chi connectivity index (χ1n) is 17.3. The number of nitrogens with zero attached hydrogens (tertiary/aromatic N) is 5. The zero-order valence-electron chi connectivity index (χ0n) is 28.2. The van der Waals surface area contributed by atoms with E-state index in [4.69, 9.17) is 26.6 Å². The van der Waals surface area contributed by atoms with Gasteiger partial charge in [0.05, 0.1) is 36.9 Å². The number of fused-ring (bicyclic) bond motifs is 3. The average Bonchev–Trinajstić information content (AvgIpc) is 4.02. The standard InChI is InChI=1S/C37H37F3N6O2.CH3F/c1-3-24-27(38)5-4-20-12-23(41)15-25(30(20)24)32-31(40)33-26(16-42-32)34(46-10-11-47-18-22-14-29(22)46)44-35(43-33)48-19-36(2)37(6-7-37)8-9-45(36)17-21-13-28(21)39;1-2/h1,4-5,12,15-16,21-22,28-29H,6-11,13-14,17-19,41H2,2H3;1H3/t21?,22?,28?,29?,36-;/m0./s1. The van der Waals surface area contributed by atoms with Crippen molar-refractivity contribution in [2.24, 2.45) is 17.3 Å². The average molecular weight is 689 g/mol. The van der Waals surface area contributed by atoms with Gasteiger partial charge in [-0.3, -0.25) is 14.3 Å². The van der Waals surface area contributed by atoms with Crippen molar-refractivity contribution in [1.29, 1.82) is 0 Å². The number of pyridine rings is 1. The molecule has 50 heavy (non-hydrogen) atoms. The molecule has 5 aliphatic rings. The zero-order valence-corrected chi connectivity index (χ0v) is 28.2. The Kier molecular flexibility index (Phi) is 8.07. The molecule has 4 aromatic rings. The highest BCUT2D eigenvalue weighted by molar-refractivity contribution is 6.03. The van der Waals surface area contributed by atoms with Crippen LogP contribution < -0.4 is 15.4 Å². The van der Waals surface area contributed by atoms with E-state index in [1.54, 1.807) is 24.4 Å². The molecule has 0 radical (unpaired) electrons. The maximum Gasteiger partial charge on any atom is 0.319 e. The number of terminal acetylenes is 1. The third-order valence-corrected chi connectivity index (χ3v) is 11.8. The minimum absolute atomic E-state index is 0.00850. The third-order valence-electron chi connectivity index (χ3n) is 11.8. The molecule has 4 heterocycles. The van der Waals surface area contributed by atoms with Gasteiger partial charge in [0.2, 0.25) is 0 Å². The quantitative estimate of drug-likeness (QED) is 0.134. The Morgan fingerprint density at radius 1 is 1.12 bits per heavy atom. The summed E-state index contributed by atoms with van der Waals surface area (Å²) < 4.78 is 67.7. The summed E-state index contributed by atoms with van der Waals surface area (Å²) in [5, 5.41) is 1.37. The second kappa shape index (κ2) is 12.2. The van der Waals surface area contributed by atoms with Gasteiger partial charge in [-0.2, -0.15) is 9.97 Å². The molecular formula is C38H40F4N6O2. The Labute approximate surface area is 288 Å². The Bertz CT molecular complexity index is 2030. The maximum absolute atomic E-state index is 17.0. The van der Waals surface area contributed by atoms with E-state index in [0.717, 1.165) is 32.2 Å². The number of nitrogen functional groups attached to an aromatic ring is 1. The number of anilines is 2. The molecule has 2 saturated heterocycles. The zero-order chi connectivity index (χ0) is 34.9. The molecule has 9 rings (SSSR count). The van der Waals surface area contributed by atoms with Crippen LogP contribution in [-0.2, 0) is 4.74 Å². The van der Waals surface area contributed by atoms with Crippen LogP contribution in [0.4, 0.5) is 29.1 Å². The van der Waals surface area contributed by atoms with Gasteiger partial charge in [-0.25, -0.2) is 13.2 Å². The van der Waals surface area contributed by atoms with E-state index in [2.05, 4.69) is 32.6 Å². The Morgan fingerprint density at radius 2 is 1.92 bits per heavy atom. The SMILES string of the molecule is C#Cc1c(F)ccc2cc(N)cc(-c3ncc4c(N5CCOCC6CC65)nc(OC[C@]5(C)N(CC6CC6F)CCC56CC6)nc4c3F)c12.CF. The Morgan fingerprint density at radius 3 is 2.66 bits per heavy atom. The number of alkyl halides is 2. The van der Waals surface area contributed by atoms with Crippen LogP contribution in [-0.4, -0.2) is 84.2 Å². The number of halogens is 4. The second-order valence-electron chi connectivity index (χ2n) is 14.6. The van der Waals surface area contributed by atoms with Crippen molar-refractivity contribution in [3.8, 4) is 29.6 Å². The highest BCUT2D eigenvalue weighted by Crippen LogP contribution is 2.63. The molecule has 2 aromatic carbocycles. The highest BCUT2D eigenvalue weighted by atomic mass is 19.1. The molecule has 4 unspecified atom stereocenters. The van der Waals surface area contributed by atoms with E-state index in [1.165, 1.54) is 6.07 Å². The fourth-order valence-electron chi connectivity index (χ4n) is 8.47. The summed E-state index contributed by atoms with van der Waals surface area (Å²) in [5.74, 6) is 2.13. The molecular weight excluding hydrogens is 648 g/mol. The van der Waals surface area contributed by atoms with Gasteiger partial charge < -0.3 is 20.1 Å². The fraction of sp³-hybridized carbons (Fsp3) is 0.500. The van der Waals surface area contributed by atoms with Crippen LogP contribution >= 0.6 is 0 Å². The lowest BCUT2D eigenvalue weighted by molar-refractivity contribution is 0.0428. The van der Waals surface area contributed by atoms with E-state index in [9.17, 15) is 13.2 Å². The van der Waals surface area contributed by atoms with Crippen molar-refractivity contribution in [3.05, 3.63) is 47.7 Å². The van der Waals surface area contributed by atoms with E-state index in [1.807, 2.05) is 0 Å². The monoisotopic (exact) mass is 688 g/mol. The second-order valence-corrected chi connectivity index (χ2v) is 14.6. The van der Waals surface area contributed by atoms with Gasteiger partial charge in [0.15, 0.2) is 5.82 Å². The lowest BCUT2D eigenvalue weighted by Crippen LogP contribution is -2.52. The number of nitrogens with two attached hydrogens (primary N) is 1. The first-order valence-corrected chi connectivity index (χ1v) is 17.3. The van der Waals surface area contributed by atoms with Crippen LogP contribution in [0, 0.1) is 41.2 Å². The summed E-state index contributed by atoms with van der Waals surface area (Å²) >= 11 is 0. The van der Waals surface area contributed by atoms with Crippen molar-refractivity contribution >= 4 is 33.2 Å². The first-order chi connectivity index (χ1) is 24.2. The van der Waals surface area contributed by atoms with Gasteiger partial charge in [-0.15, -0.1) is 6.42 Å². The van der Waals surface area contributed by atoms with Gasteiger partial charge in [0.25, 0.3) is 0 Å². The van der Waals surface area contributed by atoms with Crippen molar-refractivity contribution in [1.82, 2.24) is 19.9 Å². The van der Waals surface area contributed by atoms with E-state index >= 15 is 4.39 Å². The number of likely N-dealkylation sites (tertiary alicyclic amines) is 1. The van der Waals surface area contributed by atoms with E-state index in [-0.39, 0.29) is 51.3 Å². The maximum atomic E-state index is 17.0. The molecule has 0 amide bonds. The van der Waals surface area contributed by atoms with E-state index in [0.29, 0.717) is 80.1 Å². The molecule has 8 nitrogen and oxygen atoms in total. The van der Waals surface area contributed by atoms with Crippen molar-refractivity contribution in [2.75, 3.05) is 57.3 Å². The molecule has 5 atom stereocenters. The summed E-state index contributed by atoms with van der Waals surface area (Å²) in [6, 6.07) is 6.37. The highest BCUT2D eigenvalue weighted by Gasteiger charge is 2.64. The molecule has 2 aliphatic heterocycles. The number of benzene rings is 2. The number of hydrogen-bond donors (Lipinski definition) is 1. The molecule has 2 N–H and O–H groups in total. The number of aromatic nitrogens is 3. The summed E-state index contributed by atoms with van der Waals surface area (Å²) in [6.07, 6.45) is 11.4. The lowest BCUT2D eigenvalue weighted by Gasteiger charge is -2.39. The van der Waals surface area contributed by atoms with Crippen molar-refractivity contribution in [2.45, 2.75) is 56.8 Å². The van der Waals surface area contributed by atoms with Gasteiger partial charge in [0.1, 0.15) is 35.6 Å². The topological polar surface area (TPSA) is 89.6 Å². The van der Waals surface area contributed by atoms with Crippen LogP contribution in [0.15, 0.2) is 30.5 Å². The predicted molar refractivity (Wildman–Crippen MR) is 184 cm³/mol. The van der Waals surface area contributed by atoms with Crippen molar-refractivity contribution in [3.63, 3.8) is 0 Å². The van der Waals surface area contributed by atoms with E-state index < -0.39 is 17.8 Å². The van der Waals surface area contributed by atoms with Gasteiger partial charge in [-0.05, 0) is 74.6 Å². The molecule has 3 saturated carbocycles. The number of hydrogen-bond acceptors (Lipinski definition) is 8. The molecule has 0 bridgehead atoms. The van der Waals surface area contributed by atoms with Gasteiger partial charge in [0, 0.05) is 53.8 Å². The van der Waals surface area contributed by atoms with Gasteiger partial charge >= 0.3 is 6.01 Å². The summed E-state index contributed by atoms with van der Waals surface area (Å²) in [5.41, 5.74) is 6.70. The number of rotatable bonds is 7. The van der Waals surface area contributed by atoms with Crippen LogP contribution in [0.25, 0.3) is 32.9 Å². The fourth-order valence-corrected chi connectivity index (χ4v) is 8.47. The van der Waals surface area contributed by atoms with Crippen LogP contribution in [0.3, 0.4) is 0 Å². The molecule has 5 fully saturated rings. The van der Waals surface area contributed by atoms with Crippen LogP contribution in [0.1, 0.15) is 44.6 Å². The van der Waals surface area contributed by atoms with Gasteiger partial charge in [-0.1, -0.05) is 12.0 Å². The van der Waals surface area contributed by atoms with Crippen LogP contribution in [0.2, 0.25) is 0 Å². The molecule has 262 valence electrons. The molecule has 3 aliphatic carbocycles. The minimum Gasteiger partial charge on any atom is -0.461 e. The third kappa shape index (κ3) is 5.32. The smallest absolute Gasteiger partial charge is 0.319 e. The predicted octanol–water partition coefficient (Wildman–Crippen LogP) is 6.48. The molecule has 2 aromatic heterocycles. The molecule has 1 spiro atoms.